The number of terminal acetylenes is 1. The van der Waals surface area contributed by atoms with Gasteiger partial charge < -0.3 is 0 Å². The zero-order chi connectivity index (χ0) is 37.1. The minimum Gasteiger partial charge on any atom is -0.191 e. The Morgan fingerprint density at radius 2 is 0.865 bits per heavy atom. The van der Waals surface area contributed by atoms with Crippen LogP contribution in [0.1, 0.15) is 130 Å². The standard InChI is InChI=1S/C22H11N2S.2C12H27P.Pt.H2/c1-3-17-21-22(18(4-2)25-17)24-20(16-13-9-6-10-14-16)19(23-21)15-11-7-5-8-12-15;2*1-4-7-10-13(11-8-5-2)12-9-6-3;;/h1,5-14H;2*4-12H2,1-3H3;;1H/p+2. The second-order valence-electron chi connectivity index (χ2n) is 13.3. The molecule has 0 fully saturated rings. The largest absolute Gasteiger partial charge is 0.304 e. The van der Waals surface area contributed by atoms with Crippen LogP contribution in [0.4, 0.5) is 0 Å². The smallest absolute Gasteiger partial charge is 0.191 e. The Bertz CT molecular complexity index is 1410. The summed E-state index contributed by atoms with van der Waals surface area (Å²) in [6.07, 6.45) is 39.7. The van der Waals surface area contributed by atoms with E-state index in [0.717, 1.165) is 38.4 Å². The number of fused-ring (bicyclic) bond motifs is 1. The molecule has 4 aromatic rings. The predicted octanol–water partition coefficient (Wildman–Crippen LogP) is 13.8. The van der Waals surface area contributed by atoms with Gasteiger partial charge in [-0.1, -0.05) is 122 Å². The summed E-state index contributed by atoms with van der Waals surface area (Å²) >= 11 is 1.38. The van der Waals surface area contributed by atoms with Gasteiger partial charge >= 0.3 is 11.0 Å². The minimum absolute atomic E-state index is 0. The molecule has 0 atom stereocenters. The van der Waals surface area contributed by atoms with Gasteiger partial charge in [-0.2, -0.15) is 9.97 Å². The Morgan fingerprint density at radius 1 is 0.558 bits per heavy atom. The van der Waals surface area contributed by atoms with Crippen molar-refractivity contribution in [3.05, 3.63) is 76.8 Å². The molecule has 1 radical (unpaired) electrons. The maximum atomic E-state index is 7.57. The fourth-order valence-corrected chi connectivity index (χ4v) is 12.6. The molecule has 2 nitrogen and oxygen atoms in total. The molecule has 2 aromatic heterocycles. The molecule has 0 bridgehead atoms. The van der Waals surface area contributed by atoms with Crippen LogP contribution in [0.2, 0.25) is 0 Å². The third kappa shape index (κ3) is 17.5. The molecule has 2 heterocycles. The van der Waals surface area contributed by atoms with E-state index in [0.29, 0.717) is 20.7 Å². The molecule has 2 N–H and O–H groups in total. The first-order valence-electron chi connectivity index (χ1n) is 19.9. The van der Waals surface area contributed by atoms with Gasteiger partial charge in [-0.05, 0) is 112 Å². The van der Waals surface area contributed by atoms with Crippen molar-refractivity contribution >= 4 is 38.2 Å². The van der Waals surface area contributed by atoms with Gasteiger partial charge in [0.2, 0.25) is 0 Å². The van der Waals surface area contributed by atoms with Crippen molar-refractivity contribution in [2.45, 2.75) is 119 Å². The summed E-state index contributed by atoms with van der Waals surface area (Å²) in [5.74, 6) is 5.19. The Balaban J connectivity index is 0.000000832. The number of hydrogen-bond donors (Lipinski definition) is 0. The van der Waals surface area contributed by atoms with E-state index in [1.807, 2.05) is 36.4 Å². The molecule has 0 aliphatic carbocycles. The number of hydrogen-bond acceptors (Lipinski definition) is 1. The van der Waals surface area contributed by atoms with E-state index in [1.54, 1.807) is 37.0 Å². The SMILES string of the molecule is CCCCP(CCCC)CCCC.CCCCP(CCCC)CCCC.[C]#Cc1sc(C#C)c2[nH+]c(-c3ccccc3)c(-c3ccccc3)[nH+]c12.[HH].[Pt]. The van der Waals surface area contributed by atoms with Gasteiger partial charge in [0.25, 0.3) is 11.4 Å². The van der Waals surface area contributed by atoms with Gasteiger partial charge in [-0.15, -0.1) is 33.6 Å². The number of thiophene rings is 1. The zero-order valence-corrected chi connectivity index (χ0v) is 38.1. The Morgan fingerprint density at radius 3 is 1.13 bits per heavy atom. The fourth-order valence-electron chi connectivity index (χ4n) is 5.84. The Kier molecular flexibility index (Phi) is 28.2. The second kappa shape index (κ2) is 30.5. The van der Waals surface area contributed by atoms with Crippen LogP contribution < -0.4 is 9.97 Å². The molecule has 4 rings (SSSR count). The summed E-state index contributed by atoms with van der Waals surface area (Å²) in [5, 5.41) is 0. The maximum absolute atomic E-state index is 7.57. The van der Waals surface area contributed by atoms with Crippen molar-refractivity contribution in [3.8, 4) is 40.8 Å². The number of aromatic amines is 2. The molecule has 52 heavy (non-hydrogen) atoms. The number of H-pyrrole nitrogens is 2. The molecule has 0 amide bonds. The minimum atomic E-state index is 0. The van der Waals surface area contributed by atoms with Crippen LogP contribution in [0.15, 0.2) is 60.7 Å². The van der Waals surface area contributed by atoms with E-state index >= 15 is 0 Å². The number of nitrogens with one attached hydrogen (secondary N) is 2. The summed E-state index contributed by atoms with van der Waals surface area (Å²) in [5.41, 5.74) is 5.69. The van der Waals surface area contributed by atoms with Crippen LogP contribution >= 0.6 is 27.2 Å². The monoisotopic (exact) mass is 938 g/mol. The molecule has 0 saturated heterocycles. The van der Waals surface area contributed by atoms with E-state index in [4.69, 9.17) is 12.8 Å². The van der Waals surface area contributed by atoms with E-state index in [9.17, 15) is 0 Å². The number of unbranched alkanes of at least 4 members (excludes halogenated alkanes) is 6. The normalized spacial score (nSPS) is 10.5. The van der Waals surface area contributed by atoms with Crippen LogP contribution in [-0.2, 0) is 21.1 Å². The number of aromatic nitrogens is 2. The van der Waals surface area contributed by atoms with Crippen molar-refractivity contribution in [1.82, 2.24) is 0 Å². The molecular weight excluding hydrogens is 870 g/mol. The van der Waals surface area contributed by atoms with Gasteiger partial charge in [0.05, 0.1) is 11.1 Å². The maximum Gasteiger partial charge on any atom is 0.304 e. The molecule has 0 aliphatic rings. The van der Waals surface area contributed by atoms with Crippen molar-refractivity contribution in [2.24, 2.45) is 0 Å². The van der Waals surface area contributed by atoms with Crippen LogP contribution in [-0.4, -0.2) is 37.0 Å². The second-order valence-corrected chi connectivity index (χ2v) is 19.7. The van der Waals surface area contributed by atoms with Gasteiger partial charge in [0.1, 0.15) is 0 Å². The molecule has 0 aliphatic heterocycles. The van der Waals surface area contributed by atoms with Crippen LogP contribution in [0, 0.1) is 24.7 Å². The number of benzene rings is 2. The average Bonchev–Trinajstić information content (AvgIpc) is 3.55. The van der Waals surface area contributed by atoms with Crippen molar-refractivity contribution < 1.29 is 32.5 Å². The van der Waals surface area contributed by atoms with Gasteiger partial charge in [-0.3, -0.25) is 0 Å². The predicted molar refractivity (Wildman–Crippen MR) is 235 cm³/mol. The summed E-state index contributed by atoms with van der Waals surface area (Å²) in [6.45, 7) is 13.9. The van der Waals surface area contributed by atoms with Gasteiger partial charge in [0, 0.05) is 22.5 Å². The van der Waals surface area contributed by atoms with Crippen molar-refractivity contribution in [2.75, 3.05) is 37.0 Å². The molecule has 0 spiro atoms. The molecule has 0 saturated carbocycles. The third-order valence-electron chi connectivity index (χ3n) is 9.00. The first-order valence-corrected chi connectivity index (χ1v) is 24.5. The molecular formula is C46H69N2P2PtS+2. The summed E-state index contributed by atoms with van der Waals surface area (Å²) in [6, 6.07) is 20.2. The van der Waals surface area contributed by atoms with Gasteiger partial charge in [0.15, 0.2) is 9.75 Å². The van der Waals surface area contributed by atoms with E-state index < -0.39 is 0 Å². The Labute approximate surface area is 341 Å². The fraction of sp³-hybridized carbons (Fsp3) is 0.522. The summed E-state index contributed by atoms with van der Waals surface area (Å²) < 4.78 is 0. The van der Waals surface area contributed by atoms with Crippen molar-refractivity contribution in [1.29, 1.82) is 0 Å². The first-order chi connectivity index (χ1) is 25.0. The van der Waals surface area contributed by atoms with E-state index in [-0.39, 0.29) is 22.5 Å². The molecule has 0 unspecified atom stereocenters. The van der Waals surface area contributed by atoms with Crippen molar-refractivity contribution in [3.63, 3.8) is 0 Å². The van der Waals surface area contributed by atoms with E-state index in [1.165, 1.54) is 88.4 Å². The quantitative estimate of drug-likeness (QED) is 0.0624. The summed E-state index contributed by atoms with van der Waals surface area (Å²) in [7, 11) is 0.843. The average molecular weight is 939 g/mol. The van der Waals surface area contributed by atoms with Gasteiger partial charge in [-0.25, -0.2) is 0 Å². The molecule has 2 aromatic carbocycles. The third-order valence-corrected chi connectivity index (χ3v) is 15.7. The zero-order valence-electron chi connectivity index (χ0n) is 33.2. The molecule has 287 valence electrons. The first kappa shape index (κ1) is 48.2. The van der Waals surface area contributed by atoms with Crippen LogP contribution in [0.25, 0.3) is 33.5 Å². The van der Waals surface area contributed by atoms with Crippen LogP contribution in [0.5, 0.6) is 0 Å². The van der Waals surface area contributed by atoms with Crippen LogP contribution in [0.3, 0.4) is 0 Å². The van der Waals surface area contributed by atoms with E-state index in [2.05, 4.69) is 87.6 Å². The molecule has 6 heteroatoms. The summed E-state index contributed by atoms with van der Waals surface area (Å²) in [4.78, 5) is 8.44. The Hall–Kier alpha value is -1.85. The topological polar surface area (TPSA) is 28.3 Å². The number of rotatable bonds is 20.